The van der Waals surface area contributed by atoms with Crippen molar-refractivity contribution < 1.29 is 31.8 Å². The van der Waals surface area contributed by atoms with Crippen molar-refractivity contribution in [2.45, 2.75) is 37.3 Å². The molecule has 0 amide bonds. The van der Waals surface area contributed by atoms with Gasteiger partial charge in [-0.3, -0.25) is 0 Å². The first kappa shape index (κ1) is 18.7. The third kappa shape index (κ3) is 2.97. The molecular weight excluding hydrogens is 364 g/mol. The molecule has 0 heterocycles. The van der Waals surface area contributed by atoms with E-state index >= 15 is 0 Å². The van der Waals surface area contributed by atoms with E-state index in [-0.39, 0.29) is 29.0 Å². The number of fused-ring (bicyclic) bond motifs is 1. The summed E-state index contributed by atoms with van der Waals surface area (Å²) in [5.74, 6) is -0.766. The van der Waals surface area contributed by atoms with E-state index < -0.39 is 15.6 Å². The van der Waals surface area contributed by atoms with Crippen LogP contribution in [0.5, 0.6) is 0 Å². The van der Waals surface area contributed by atoms with E-state index in [1.54, 1.807) is 13.8 Å². The molecule has 0 radical (unpaired) electrons. The average molecular weight is 388 g/mol. The number of carbonyl (C=O) groups excluding carboxylic acids is 2. The molecule has 0 saturated heterocycles. The Labute approximate surface area is 155 Å². The van der Waals surface area contributed by atoms with Gasteiger partial charge in [0, 0.05) is 0 Å². The van der Waals surface area contributed by atoms with Crippen LogP contribution in [-0.4, -0.2) is 16.8 Å². The van der Waals surface area contributed by atoms with Crippen molar-refractivity contribution >= 4 is 22.8 Å². The normalized spacial score (nSPS) is 18.4. The van der Waals surface area contributed by atoms with Crippen molar-refractivity contribution in [2.75, 3.05) is 0 Å². The molecular formula is C21H24O4Ti. The molecule has 26 heavy (non-hydrogen) atoms. The molecule has 2 aliphatic rings. The molecule has 0 N–H and O–H groups in total. The third-order valence-corrected chi connectivity index (χ3v) is 12.7. The summed E-state index contributed by atoms with van der Waals surface area (Å²) in [4.78, 5) is 29.4. The Bertz CT molecular complexity index is 882. The molecule has 4 nitrogen and oxygen atoms in total. The fraction of sp³-hybridized carbons (Fsp3) is 0.286. The molecule has 0 spiro atoms. The zero-order valence-electron chi connectivity index (χ0n) is 15.2. The van der Waals surface area contributed by atoms with Gasteiger partial charge in [0.2, 0.25) is 0 Å². The van der Waals surface area contributed by atoms with Crippen LogP contribution < -0.4 is 0 Å². The maximum absolute atomic E-state index is 12.5. The molecule has 0 saturated carbocycles. The monoisotopic (exact) mass is 388 g/mol. The summed E-state index contributed by atoms with van der Waals surface area (Å²) in [6.45, 7) is 3.47. The van der Waals surface area contributed by atoms with Gasteiger partial charge < -0.3 is 0 Å². The molecule has 3 rings (SSSR count). The molecule has 2 aliphatic carbocycles. The molecule has 5 heteroatoms. The Morgan fingerprint density at radius 2 is 1.81 bits per heavy atom. The molecule has 1 aromatic rings. The molecule has 136 valence electrons. The van der Waals surface area contributed by atoms with Gasteiger partial charge in [-0.25, -0.2) is 0 Å². The van der Waals surface area contributed by atoms with E-state index in [0.29, 0.717) is 6.42 Å². The standard InChI is InChI=1S/C9H7.C5H5.2C3H6O2.CH2.Ti/c1-2-5-9-7-3-6-8(9)4-1;1-2-4-5-3-1;2*1-2-3(4)5;;/h1-7H;1-3H,4H2;2*2H2,1H3,(H,4,5);1H2;/q;;;;;+2/p-2. The Morgan fingerprint density at radius 1 is 1.15 bits per heavy atom. The Morgan fingerprint density at radius 3 is 2.38 bits per heavy atom. The predicted octanol–water partition coefficient (Wildman–Crippen LogP) is 4.46. The van der Waals surface area contributed by atoms with Crippen molar-refractivity contribution in [1.29, 1.82) is 0 Å². The molecule has 1 aromatic carbocycles. The van der Waals surface area contributed by atoms with E-state index in [9.17, 15) is 9.59 Å². The van der Waals surface area contributed by atoms with Crippen LogP contribution in [0.1, 0.15) is 48.5 Å². The Balaban J connectivity index is 2.24. The van der Waals surface area contributed by atoms with Crippen molar-refractivity contribution in [1.82, 2.24) is 0 Å². The van der Waals surface area contributed by atoms with Crippen molar-refractivity contribution in [3.05, 3.63) is 63.6 Å². The second-order valence-electron chi connectivity index (χ2n) is 6.78. The SMILES string of the molecule is [CH2]=[Ti]([O]C(=O)CC)([O]C(=O)CC)([C]1=CC=CC1)[CH]1C=Cc2ccccc21. The second kappa shape index (κ2) is 6.94. The molecule has 0 aromatic heterocycles. The van der Waals surface area contributed by atoms with Crippen LogP contribution in [0, 0.1) is 0 Å². The van der Waals surface area contributed by atoms with Crippen molar-refractivity contribution in [3.63, 3.8) is 0 Å². The molecule has 0 aliphatic heterocycles. The van der Waals surface area contributed by atoms with Crippen LogP contribution in [0.3, 0.4) is 0 Å². The van der Waals surface area contributed by atoms with Crippen LogP contribution >= 0.6 is 0 Å². The average Bonchev–Trinajstić information content (AvgIpc) is 3.32. The van der Waals surface area contributed by atoms with Gasteiger partial charge in [-0.2, -0.15) is 0 Å². The second-order valence-corrected chi connectivity index (χ2v) is 13.6. The van der Waals surface area contributed by atoms with Crippen LogP contribution in [-0.2, 0) is 31.8 Å². The van der Waals surface area contributed by atoms with Gasteiger partial charge in [0.15, 0.2) is 0 Å². The minimum atomic E-state index is -4.99. The first-order valence-corrected chi connectivity index (χ1v) is 13.1. The van der Waals surface area contributed by atoms with Crippen molar-refractivity contribution in [3.8, 4) is 0 Å². The molecule has 1 atom stereocenters. The fourth-order valence-corrected chi connectivity index (χ4v) is 10.9. The van der Waals surface area contributed by atoms with Crippen LogP contribution in [0.15, 0.2) is 52.4 Å². The number of hydrogen-bond donors (Lipinski definition) is 0. The van der Waals surface area contributed by atoms with Gasteiger partial charge in [0.1, 0.15) is 0 Å². The minimum absolute atomic E-state index is 0.206. The summed E-state index contributed by atoms with van der Waals surface area (Å²) in [5, 5.41) is 0. The first-order valence-electron chi connectivity index (χ1n) is 9.03. The van der Waals surface area contributed by atoms with Gasteiger partial charge in [0.05, 0.1) is 0 Å². The van der Waals surface area contributed by atoms with Crippen LogP contribution in [0.25, 0.3) is 6.08 Å². The number of rotatable bonds is 6. The fourth-order valence-electron chi connectivity index (χ4n) is 3.72. The maximum atomic E-state index is 12.5. The zero-order valence-corrected chi connectivity index (χ0v) is 16.8. The van der Waals surface area contributed by atoms with Gasteiger partial charge in [-0.1, -0.05) is 0 Å². The van der Waals surface area contributed by atoms with Crippen LogP contribution in [0.2, 0.25) is 0 Å². The van der Waals surface area contributed by atoms with Gasteiger partial charge in [0.25, 0.3) is 0 Å². The van der Waals surface area contributed by atoms with Gasteiger partial charge in [-0.15, -0.1) is 0 Å². The van der Waals surface area contributed by atoms with E-state index in [1.165, 1.54) is 0 Å². The summed E-state index contributed by atoms with van der Waals surface area (Å²) in [5.41, 5.74) is 2.04. The molecule has 0 fully saturated rings. The number of allylic oxidation sites excluding steroid dienone is 5. The summed E-state index contributed by atoms with van der Waals surface area (Å²) in [6, 6.07) is 7.91. The number of benzene rings is 1. The first-order chi connectivity index (χ1) is 12.4. The summed E-state index contributed by atoms with van der Waals surface area (Å²) >= 11 is -4.99. The topological polar surface area (TPSA) is 52.6 Å². The summed E-state index contributed by atoms with van der Waals surface area (Å²) in [7, 11) is 0. The zero-order chi connectivity index (χ0) is 18.8. The van der Waals surface area contributed by atoms with Crippen molar-refractivity contribution in [2.24, 2.45) is 0 Å². The molecule has 1 unspecified atom stereocenters. The number of carbonyl (C=O) groups is 2. The number of hydrogen-bond acceptors (Lipinski definition) is 4. The van der Waals surface area contributed by atoms with Crippen LogP contribution in [0.4, 0.5) is 0 Å². The Hall–Kier alpha value is -2.04. The van der Waals surface area contributed by atoms with E-state index in [0.717, 1.165) is 15.0 Å². The van der Waals surface area contributed by atoms with Gasteiger partial charge in [-0.05, 0) is 0 Å². The predicted molar refractivity (Wildman–Crippen MR) is 99.9 cm³/mol. The third-order valence-electron chi connectivity index (χ3n) is 5.13. The van der Waals surface area contributed by atoms with E-state index in [1.807, 2.05) is 54.6 Å². The van der Waals surface area contributed by atoms with E-state index in [2.05, 4.69) is 4.82 Å². The van der Waals surface area contributed by atoms with E-state index in [4.69, 9.17) is 6.64 Å². The summed E-state index contributed by atoms with van der Waals surface area (Å²) < 4.78 is 12.7. The summed E-state index contributed by atoms with van der Waals surface area (Å²) in [6.07, 6.45) is 10.8. The quantitative estimate of drug-likeness (QED) is 0.676. The Kier molecular flexibility index (Phi) is 5.00. The molecule has 0 bridgehead atoms. The van der Waals surface area contributed by atoms with Gasteiger partial charge >= 0.3 is 156 Å².